The van der Waals surface area contributed by atoms with Crippen LogP contribution < -0.4 is 10.1 Å². The summed E-state index contributed by atoms with van der Waals surface area (Å²) in [6.07, 6.45) is 1.92. The number of ether oxygens (including phenoxy) is 2. The first kappa shape index (κ1) is 17.7. The fraction of sp³-hybridized carbons (Fsp3) is 0.500. The Morgan fingerprint density at radius 3 is 2.56 bits per heavy atom. The Kier molecular flexibility index (Phi) is 5.23. The van der Waals surface area contributed by atoms with Crippen LogP contribution in [0.5, 0.6) is 5.75 Å². The molecule has 5 nitrogen and oxygen atoms in total. The fourth-order valence-corrected chi connectivity index (χ4v) is 3.61. The van der Waals surface area contributed by atoms with Crippen molar-refractivity contribution < 1.29 is 9.47 Å². The van der Waals surface area contributed by atoms with Crippen molar-refractivity contribution >= 4 is 5.82 Å². The highest BCUT2D eigenvalue weighted by atomic mass is 16.5. The summed E-state index contributed by atoms with van der Waals surface area (Å²) in [7, 11) is 1.74. The zero-order chi connectivity index (χ0) is 17.9. The van der Waals surface area contributed by atoms with E-state index < -0.39 is 0 Å². The molecule has 1 aromatic heterocycles. The highest BCUT2D eigenvalue weighted by Crippen LogP contribution is 2.40. The second kappa shape index (κ2) is 7.40. The maximum atomic E-state index is 5.67. The number of hydrogen-bond acceptors (Lipinski definition) is 5. The third-order valence-electron chi connectivity index (χ3n) is 4.95. The van der Waals surface area contributed by atoms with E-state index in [1.54, 1.807) is 7.11 Å². The molecule has 0 atom stereocenters. The summed E-state index contributed by atoms with van der Waals surface area (Å²) in [5.74, 6) is 2.61. The van der Waals surface area contributed by atoms with Crippen molar-refractivity contribution in [3.05, 3.63) is 46.9 Å². The van der Waals surface area contributed by atoms with Crippen molar-refractivity contribution in [3.8, 4) is 5.75 Å². The van der Waals surface area contributed by atoms with Gasteiger partial charge in [-0.1, -0.05) is 17.7 Å². The number of nitrogens with one attached hydrogen (secondary N) is 1. The Morgan fingerprint density at radius 1 is 1.12 bits per heavy atom. The molecule has 0 aliphatic carbocycles. The van der Waals surface area contributed by atoms with Crippen LogP contribution in [0.3, 0.4) is 0 Å². The summed E-state index contributed by atoms with van der Waals surface area (Å²) in [5, 5.41) is 3.54. The third-order valence-corrected chi connectivity index (χ3v) is 4.95. The number of aryl methyl sites for hydroxylation is 3. The van der Waals surface area contributed by atoms with Crippen molar-refractivity contribution in [2.45, 2.75) is 39.0 Å². The van der Waals surface area contributed by atoms with Crippen LogP contribution in [0.15, 0.2) is 24.3 Å². The van der Waals surface area contributed by atoms with E-state index in [4.69, 9.17) is 9.47 Å². The lowest BCUT2D eigenvalue weighted by Crippen LogP contribution is -2.40. The molecular weight excluding hydrogens is 314 g/mol. The van der Waals surface area contributed by atoms with E-state index in [2.05, 4.69) is 40.4 Å². The molecule has 2 aromatic rings. The molecule has 134 valence electrons. The van der Waals surface area contributed by atoms with Crippen LogP contribution in [0.2, 0.25) is 0 Å². The minimum atomic E-state index is -0.0254. The molecule has 1 fully saturated rings. The SMILES string of the molecule is COc1ccc(C)cc1C1(CNc2cc(C)nc(C)n2)CCOCC1. The van der Waals surface area contributed by atoms with E-state index in [9.17, 15) is 0 Å². The van der Waals surface area contributed by atoms with Crippen molar-refractivity contribution in [2.75, 3.05) is 32.2 Å². The lowest BCUT2D eigenvalue weighted by atomic mass is 9.73. The average molecular weight is 341 g/mol. The van der Waals surface area contributed by atoms with Crippen molar-refractivity contribution in [3.63, 3.8) is 0 Å². The molecule has 1 aliphatic heterocycles. The molecule has 0 radical (unpaired) electrons. The molecule has 1 saturated heterocycles. The third kappa shape index (κ3) is 3.93. The Labute approximate surface area is 149 Å². The zero-order valence-corrected chi connectivity index (χ0v) is 15.6. The molecule has 0 spiro atoms. The van der Waals surface area contributed by atoms with E-state index in [1.165, 1.54) is 11.1 Å². The maximum absolute atomic E-state index is 5.67. The van der Waals surface area contributed by atoms with Crippen molar-refractivity contribution in [1.29, 1.82) is 0 Å². The molecule has 1 aliphatic rings. The van der Waals surface area contributed by atoms with Crippen LogP contribution in [0.4, 0.5) is 5.82 Å². The largest absolute Gasteiger partial charge is 0.496 e. The first-order chi connectivity index (χ1) is 12.0. The molecule has 2 heterocycles. The van der Waals surface area contributed by atoms with Gasteiger partial charge in [0.2, 0.25) is 0 Å². The van der Waals surface area contributed by atoms with Gasteiger partial charge in [0, 0.05) is 42.5 Å². The summed E-state index contributed by atoms with van der Waals surface area (Å²) in [6, 6.07) is 8.41. The second-order valence-electron chi connectivity index (χ2n) is 6.89. The summed E-state index contributed by atoms with van der Waals surface area (Å²) in [4.78, 5) is 8.87. The molecule has 0 bridgehead atoms. The molecule has 0 saturated carbocycles. The summed E-state index contributed by atoms with van der Waals surface area (Å²) in [5.41, 5.74) is 3.45. The highest BCUT2D eigenvalue weighted by molar-refractivity contribution is 5.45. The molecule has 3 rings (SSSR count). The van der Waals surface area contributed by atoms with Crippen LogP contribution in [-0.2, 0) is 10.2 Å². The van der Waals surface area contributed by atoms with E-state index in [-0.39, 0.29) is 5.41 Å². The summed E-state index contributed by atoms with van der Waals surface area (Å²) in [6.45, 7) is 8.37. The normalized spacial score (nSPS) is 16.5. The Hall–Kier alpha value is -2.14. The van der Waals surface area contributed by atoms with E-state index >= 15 is 0 Å². The van der Waals surface area contributed by atoms with Gasteiger partial charge in [-0.25, -0.2) is 9.97 Å². The van der Waals surface area contributed by atoms with Gasteiger partial charge < -0.3 is 14.8 Å². The van der Waals surface area contributed by atoms with Gasteiger partial charge in [-0.2, -0.15) is 0 Å². The predicted octanol–water partition coefficient (Wildman–Crippen LogP) is 3.57. The minimum Gasteiger partial charge on any atom is -0.496 e. The van der Waals surface area contributed by atoms with Crippen LogP contribution in [0.25, 0.3) is 0 Å². The smallest absolute Gasteiger partial charge is 0.129 e. The monoisotopic (exact) mass is 341 g/mol. The van der Waals surface area contributed by atoms with E-state index in [1.807, 2.05) is 19.9 Å². The molecule has 0 amide bonds. The summed E-state index contributed by atoms with van der Waals surface area (Å²) >= 11 is 0. The van der Waals surface area contributed by atoms with Gasteiger partial charge in [0.1, 0.15) is 17.4 Å². The quantitative estimate of drug-likeness (QED) is 0.901. The van der Waals surface area contributed by atoms with Crippen molar-refractivity contribution in [1.82, 2.24) is 9.97 Å². The summed E-state index contributed by atoms with van der Waals surface area (Å²) < 4.78 is 11.3. The predicted molar refractivity (Wildman–Crippen MR) is 99.5 cm³/mol. The van der Waals surface area contributed by atoms with Gasteiger partial charge in [-0.15, -0.1) is 0 Å². The van der Waals surface area contributed by atoms with Crippen LogP contribution >= 0.6 is 0 Å². The molecular formula is C20H27N3O2. The van der Waals surface area contributed by atoms with Gasteiger partial charge in [0.05, 0.1) is 7.11 Å². The zero-order valence-electron chi connectivity index (χ0n) is 15.6. The molecule has 5 heteroatoms. The van der Waals surface area contributed by atoms with Crippen LogP contribution in [0, 0.1) is 20.8 Å². The topological polar surface area (TPSA) is 56.3 Å². The fourth-order valence-electron chi connectivity index (χ4n) is 3.61. The van der Waals surface area contributed by atoms with Gasteiger partial charge >= 0.3 is 0 Å². The number of nitrogens with zero attached hydrogens (tertiary/aromatic N) is 2. The highest BCUT2D eigenvalue weighted by Gasteiger charge is 2.37. The van der Waals surface area contributed by atoms with Gasteiger partial charge in [0.25, 0.3) is 0 Å². The van der Waals surface area contributed by atoms with Gasteiger partial charge in [-0.05, 0) is 39.7 Å². The number of methoxy groups -OCH3 is 1. The first-order valence-corrected chi connectivity index (χ1v) is 8.81. The molecule has 25 heavy (non-hydrogen) atoms. The lowest BCUT2D eigenvalue weighted by Gasteiger charge is -2.39. The second-order valence-corrected chi connectivity index (χ2v) is 6.89. The Morgan fingerprint density at radius 2 is 1.88 bits per heavy atom. The maximum Gasteiger partial charge on any atom is 0.129 e. The average Bonchev–Trinajstić information content (AvgIpc) is 2.60. The standard InChI is InChI=1S/C20H27N3O2/c1-14-5-6-18(24-4)17(11-14)20(7-9-25-10-8-20)13-21-19-12-15(2)22-16(3)23-19/h5-6,11-12H,7-10,13H2,1-4H3,(H,21,22,23). The lowest BCUT2D eigenvalue weighted by molar-refractivity contribution is 0.0535. The van der Waals surface area contributed by atoms with E-state index in [0.717, 1.165) is 55.7 Å². The minimum absolute atomic E-state index is 0.0254. The van der Waals surface area contributed by atoms with Gasteiger partial charge in [-0.3, -0.25) is 0 Å². The Balaban J connectivity index is 1.92. The first-order valence-electron chi connectivity index (χ1n) is 8.81. The molecule has 1 aromatic carbocycles. The number of anilines is 1. The number of aromatic nitrogens is 2. The van der Waals surface area contributed by atoms with Crippen LogP contribution in [0.1, 0.15) is 35.5 Å². The number of benzene rings is 1. The van der Waals surface area contributed by atoms with Crippen molar-refractivity contribution in [2.24, 2.45) is 0 Å². The number of rotatable bonds is 5. The Bertz CT molecular complexity index is 719. The van der Waals surface area contributed by atoms with Gasteiger partial charge in [0.15, 0.2) is 0 Å². The molecule has 0 unspecified atom stereocenters. The molecule has 1 N–H and O–H groups in total. The number of hydrogen-bond donors (Lipinski definition) is 1. The van der Waals surface area contributed by atoms with Crippen LogP contribution in [-0.4, -0.2) is 36.8 Å². The van der Waals surface area contributed by atoms with E-state index in [0.29, 0.717) is 0 Å².